The van der Waals surface area contributed by atoms with Gasteiger partial charge in [-0.2, -0.15) is 0 Å². The normalized spacial score (nSPS) is 14.5. The van der Waals surface area contributed by atoms with Gasteiger partial charge in [-0.1, -0.05) is 6.58 Å². The Labute approximate surface area is 94.5 Å². The van der Waals surface area contributed by atoms with Crippen LogP contribution in [0.3, 0.4) is 0 Å². The van der Waals surface area contributed by atoms with Crippen LogP contribution >= 0.6 is 0 Å². The van der Waals surface area contributed by atoms with Crippen LogP contribution in [0.15, 0.2) is 24.8 Å². The maximum atomic E-state index is 11.7. The fourth-order valence-electron chi connectivity index (χ4n) is 1.79. The molecule has 16 heavy (non-hydrogen) atoms. The lowest BCUT2D eigenvalue weighted by atomic mass is 10.1. The van der Waals surface area contributed by atoms with Gasteiger partial charge in [-0.15, -0.1) is 0 Å². The van der Waals surface area contributed by atoms with Gasteiger partial charge < -0.3 is 10.1 Å². The molecular weight excluding hydrogens is 204 g/mol. The first-order valence-corrected chi connectivity index (χ1v) is 5.13. The zero-order chi connectivity index (χ0) is 11.7. The van der Waals surface area contributed by atoms with Crippen LogP contribution in [-0.2, 0) is 0 Å². The number of rotatable bonds is 2. The van der Waals surface area contributed by atoms with E-state index in [0.29, 0.717) is 6.54 Å². The van der Waals surface area contributed by atoms with Crippen molar-refractivity contribution in [3.8, 4) is 5.75 Å². The molecule has 2 rings (SSSR count). The average molecular weight is 218 g/mol. The van der Waals surface area contributed by atoms with Crippen molar-refractivity contribution in [2.24, 2.45) is 0 Å². The number of hydrogen-bond donors (Lipinski definition) is 1. The molecule has 1 aliphatic rings. The van der Waals surface area contributed by atoms with E-state index in [1.807, 2.05) is 19.1 Å². The maximum absolute atomic E-state index is 11.7. The van der Waals surface area contributed by atoms with E-state index in [9.17, 15) is 4.79 Å². The second kappa shape index (κ2) is 3.89. The van der Waals surface area contributed by atoms with Crippen LogP contribution in [0.25, 0.3) is 5.70 Å². The molecule has 0 spiro atoms. The van der Waals surface area contributed by atoms with Gasteiger partial charge in [-0.3, -0.25) is 4.90 Å². The highest BCUT2D eigenvalue weighted by Crippen LogP contribution is 2.33. The molecule has 0 atom stereocenters. The first-order valence-electron chi connectivity index (χ1n) is 5.13. The molecule has 2 amide bonds. The van der Waals surface area contributed by atoms with Gasteiger partial charge in [-0.05, 0) is 19.1 Å². The van der Waals surface area contributed by atoms with Crippen molar-refractivity contribution in [2.75, 3.05) is 19.0 Å². The summed E-state index contributed by atoms with van der Waals surface area (Å²) >= 11 is 0. The Balaban J connectivity index is 2.46. The highest BCUT2D eigenvalue weighted by atomic mass is 16.5. The molecule has 0 unspecified atom stereocenters. The van der Waals surface area contributed by atoms with E-state index in [1.54, 1.807) is 18.1 Å². The Hall–Kier alpha value is -1.97. The van der Waals surface area contributed by atoms with E-state index in [0.717, 1.165) is 22.7 Å². The van der Waals surface area contributed by atoms with Crippen LogP contribution in [0, 0.1) is 0 Å². The van der Waals surface area contributed by atoms with E-state index in [-0.39, 0.29) is 6.03 Å². The second-order valence-corrected chi connectivity index (χ2v) is 3.53. The first kappa shape index (κ1) is 10.5. The number of carbonyl (C=O) groups is 1. The average Bonchev–Trinajstić information content (AvgIpc) is 2.28. The number of amides is 2. The third-order valence-corrected chi connectivity index (χ3v) is 2.67. The topological polar surface area (TPSA) is 41.6 Å². The standard InChI is InChI=1S/C12H14N2O2/c1-4-14-8(2)10-6-5-9(16-3)7-11(10)13-12(14)15/h5-7H,2,4H2,1,3H3,(H,13,15). The summed E-state index contributed by atoms with van der Waals surface area (Å²) in [7, 11) is 1.60. The zero-order valence-corrected chi connectivity index (χ0v) is 9.41. The Kier molecular flexibility index (Phi) is 2.56. The van der Waals surface area contributed by atoms with Gasteiger partial charge in [0.1, 0.15) is 5.75 Å². The van der Waals surface area contributed by atoms with Crippen molar-refractivity contribution in [1.29, 1.82) is 0 Å². The van der Waals surface area contributed by atoms with Crippen LogP contribution in [0.4, 0.5) is 10.5 Å². The largest absolute Gasteiger partial charge is 0.497 e. The predicted octanol–water partition coefficient (Wildman–Crippen LogP) is 2.53. The van der Waals surface area contributed by atoms with Crippen LogP contribution in [0.5, 0.6) is 5.75 Å². The Morgan fingerprint density at radius 3 is 2.88 bits per heavy atom. The number of fused-ring (bicyclic) bond motifs is 1. The van der Waals surface area contributed by atoms with Crippen molar-refractivity contribution >= 4 is 17.4 Å². The number of anilines is 1. The molecule has 4 nitrogen and oxygen atoms in total. The Morgan fingerprint density at radius 1 is 1.50 bits per heavy atom. The van der Waals surface area contributed by atoms with Crippen LogP contribution in [0.2, 0.25) is 0 Å². The summed E-state index contributed by atoms with van der Waals surface area (Å²) in [4.78, 5) is 13.3. The molecule has 0 fully saturated rings. The van der Waals surface area contributed by atoms with Gasteiger partial charge in [0, 0.05) is 23.9 Å². The molecule has 1 aromatic carbocycles. The fourth-order valence-corrected chi connectivity index (χ4v) is 1.79. The van der Waals surface area contributed by atoms with Gasteiger partial charge in [0.25, 0.3) is 0 Å². The van der Waals surface area contributed by atoms with E-state index in [2.05, 4.69) is 11.9 Å². The third-order valence-electron chi connectivity index (χ3n) is 2.67. The van der Waals surface area contributed by atoms with Crippen molar-refractivity contribution in [3.63, 3.8) is 0 Å². The second-order valence-electron chi connectivity index (χ2n) is 3.53. The zero-order valence-electron chi connectivity index (χ0n) is 9.41. The lowest BCUT2D eigenvalue weighted by Gasteiger charge is -2.30. The molecule has 0 bridgehead atoms. The molecule has 1 heterocycles. The summed E-state index contributed by atoms with van der Waals surface area (Å²) in [5.41, 5.74) is 2.41. The lowest BCUT2D eigenvalue weighted by Crippen LogP contribution is -2.37. The van der Waals surface area contributed by atoms with Crippen LogP contribution in [0.1, 0.15) is 12.5 Å². The number of benzene rings is 1. The highest BCUT2D eigenvalue weighted by molar-refractivity contribution is 6.02. The molecule has 1 aliphatic heterocycles. The molecule has 84 valence electrons. The van der Waals surface area contributed by atoms with Gasteiger partial charge in [0.15, 0.2) is 0 Å². The molecule has 1 N–H and O–H groups in total. The summed E-state index contributed by atoms with van der Waals surface area (Å²) in [6.45, 7) is 6.46. The summed E-state index contributed by atoms with van der Waals surface area (Å²) in [6.07, 6.45) is 0. The molecule has 4 heteroatoms. The molecular formula is C12H14N2O2. The molecule has 0 aromatic heterocycles. The van der Waals surface area contributed by atoms with Gasteiger partial charge in [0.05, 0.1) is 12.8 Å². The summed E-state index contributed by atoms with van der Waals surface area (Å²) < 4.78 is 5.11. The Morgan fingerprint density at radius 2 is 2.25 bits per heavy atom. The number of hydrogen-bond acceptors (Lipinski definition) is 2. The molecule has 0 aliphatic carbocycles. The predicted molar refractivity (Wildman–Crippen MR) is 63.4 cm³/mol. The first-order chi connectivity index (χ1) is 7.67. The number of nitrogens with zero attached hydrogens (tertiary/aromatic N) is 1. The number of methoxy groups -OCH3 is 1. The number of ether oxygens (including phenoxy) is 1. The number of nitrogens with one attached hydrogen (secondary N) is 1. The minimum atomic E-state index is -0.145. The van der Waals surface area contributed by atoms with Crippen LogP contribution in [-0.4, -0.2) is 24.6 Å². The summed E-state index contributed by atoms with van der Waals surface area (Å²) in [6, 6.07) is 5.41. The number of carbonyl (C=O) groups excluding carboxylic acids is 1. The smallest absolute Gasteiger partial charge is 0.326 e. The fraction of sp³-hybridized carbons (Fsp3) is 0.250. The minimum Gasteiger partial charge on any atom is -0.497 e. The van der Waals surface area contributed by atoms with Gasteiger partial charge >= 0.3 is 6.03 Å². The van der Waals surface area contributed by atoms with E-state index < -0.39 is 0 Å². The lowest BCUT2D eigenvalue weighted by molar-refractivity contribution is 0.232. The minimum absolute atomic E-state index is 0.145. The van der Waals surface area contributed by atoms with E-state index >= 15 is 0 Å². The van der Waals surface area contributed by atoms with Gasteiger partial charge in [0.2, 0.25) is 0 Å². The summed E-state index contributed by atoms with van der Waals surface area (Å²) in [5.74, 6) is 0.719. The Bertz CT molecular complexity index is 454. The van der Waals surface area contributed by atoms with Crippen molar-refractivity contribution < 1.29 is 9.53 Å². The quantitative estimate of drug-likeness (QED) is 0.828. The number of urea groups is 1. The molecule has 0 saturated heterocycles. The molecule has 0 saturated carbocycles. The monoisotopic (exact) mass is 218 g/mol. The SMILES string of the molecule is C=C1c2ccc(OC)cc2NC(=O)N1CC. The summed E-state index contributed by atoms with van der Waals surface area (Å²) in [5, 5.41) is 2.81. The molecule has 1 aromatic rings. The highest BCUT2D eigenvalue weighted by Gasteiger charge is 2.24. The van der Waals surface area contributed by atoms with E-state index in [1.165, 1.54) is 0 Å². The van der Waals surface area contributed by atoms with Crippen molar-refractivity contribution in [1.82, 2.24) is 4.90 Å². The van der Waals surface area contributed by atoms with E-state index in [4.69, 9.17) is 4.74 Å². The molecule has 0 radical (unpaired) electrons. The van der Waals surface area contributed by atoms with Gasteiger partial charge in [-0.25, -0.2) is 4.79 Å². The van der Waals surface area contributed by atoms with Crippen LogP contribution < -0.4 is 10.1 Å². The van der Waals surface area contributed by atoms with Crippen molar-refractivity contribution in [2.45, 2.75) is 6.92 Å². The third kappa shape index (κ3) is 1.52. The van der Waals surface area contributed by atoms with Crippen molar-refractivity contribution in [3.05, 3.63) is 30.3 Å². The maximum Gasteiger partial charge on any atom is 0.326 e.